The topological polar surface area (TPSA) is 81.0 Å². The number of hydrogen-bond acceptors (Lipinski definition) is 5. The summed E-state index contributed by atoms with van der Waals surface area (Å²) < 4.78 is 30.9. The smallest absolute Gasteiger partial charge is 0.224 e. The number of fused-ring (bicyclic) bond motifs is 1. The average molecular weight is 401 g/mol. The molecule has 0 unspecified atom stereocenters. The normalized spacial score (nSPS) is 11.6. The van der Waals surface area contributed by atoms with E-state index in [1.54, 1.807) is 36.2 Å². The lowest BCUT2D eigenvalue weighted by Crippen LogP contribution is -2.25. The molecular weight excluding hydrogens is 378 g/mol. The molecule has 0 atom stereocenters. The van der Waals surface area contributed by atoms with Gasteiger partial charge in [0.1, 0.15) is 12.4 Å². The predicted octanol–water partition coefficient (Wildman–Crippen LogP) is 2.86. The number of rotatable bonds is 6. The second-order valence-electron chi connectivity index (χ2n) is 6.58. The quantitative estimate of drug-likeness (QED) is 0.634. The molecule has 2 heterocycles. The van der Waals surface area contributed by atoms with Gasteiger partial charge in [0.05, 0.1) is 10.6 Å². The van der Waals surface area contributed by atoms with Gasteiger partial charge in [-0.05, 0) is 36.2 Å². The third kappa shape index (κ3) is 3.87. The maximum atomic E-state index is 11.9. The molecule has 3 rings (SSSR count). The summed E-state index contributed by atoms with van der Waals surface area (Å²) >= 11 is 0. The van der Waals surface area contributed by atoms with Gasteiger partial charge in [0, 0.05) is 26.4 Å². The number of nitrogens with zero attached hydrogens (tertiary/aromatic N) is 3. The number of imidazole rings is 1. The van der Waals surface area contributed by atoms with Gasteiger partial charge in [0.2, 0.25) is 5.91 Å². The van der Waals surface area contributed by atoms with E-state index >= 15 is 0 Å². The van der Waals surface area contributed by atoms with E-state index in [9.17, 15) is 13.2 Å². The van der Waals surface area contributed by atoms with E-state index in [-0.39, 0.29) is 17.4 Å². The van der Waals surface area contributed by atoms with Crippen LogP contribution in [0.15, 0.2) is 47.5 Å². The monoisotopic (exact) mass is 401 g/mol. The number of aromatic nitrogens is 2. The fourth-order valence-electron chi connectivity index (χ4n) is 2.93. The van der Waals surface area contributed by atoms with Crippen LogP contribution in [0.2, 0.25) is 0 Å². The second kappa shape index (κ2) is 7.63. The van der Waals surface area contributed by atoms with Crippen molar-refractivity contribution in [1.29, 1.82) is 0 Å². The van der Waals surface area contributed by atoms with Crippen molar-refractivity contribution >= 4 is 27.2 Å². The summed E-state index contributed by atoms with van der Waals surface area (Å²) in [5, 5.41) is 0. The Morgan fingerprint density at radius 2 is 1.89 bits per heavy atom. The summed E-state index contributed by atoms with van der Waals surface area (Å²) in [6, 6.07) is 10.3. The Morgan fingerprint density at radius 1 is 1.21 bits per heavy atom. The molecule has 0 aliphatic rings. The van der Waals surface area contributed by atoms with Crippen molar-refractivity contribution in [1.82, 2.24) is 9.38 Å². The molecule has 0 aliphatic carbocycles. The molecule has 0 fully saturated rings. The fourth-order valence-corrected chi connectivity index (χ4v) is 3.56. The van der Waals surface area contributed by atoms with E-state index in [1.807, 2.05) is 29.7 Å². The van der Waals surface area contributed by atoms with Gasteiger partial charge >= 0.3 is 0 Å². The van der Waals surface area contributed by atoms with Crippen LogP contribution in [0, 0.1) is 0 Å². The Hall–Kier alpha value is -2.87. The highest BCUT2D eigenvalue weighted by molar-refractivity contribution is 7.90. The van der Waals surface area contributed by atoms with Crippen LogP contribution in [-0.2, 0) is 27.7 Å². The molecule has 0 saturated carbocycles. The van der Waals surface area contributed by atoms with Crippen molar-refractivity contribution in [3.63, 3.8) is 0 Å². The summed E-state index contributed by atoms with van der Waals surface area (Å²) in [4.78, 5) is 18.4. The van der Waals surface area contributed by atoms with Crippen molar-refractivity contribution in [3.05, 3.63) is 53.9 Å². The van der Waals surface area contributed by atoms with E-state index in [2.05, 4.69) is 4.98 Å². The lowest BCUT2D eigenvalue weighted by molar-refractivity contribution is -0.116. The lowest BCUT2D eigenvalue weighted by atomic mass is 10.2. The van der Waals surface area contributed by atoms with Crippen LogP contribution in [0.4, 0.5) is 5.82 Å². The molecule has 7 nitrogen and oxygen atoms in total. The van der Waals surface area contributed by atoms with Crippen LogP contribution >= 0.6 is 0 Å². The van der Waals surface area contributed by atoms with E-state index < -0.39 is 9.84 Å². The van der Waals surface area contributed by atoms with Crippen molar-refractivity contribution in [3.8, 4) is 5.75 Å². The molecule has 28 heavy (non-hydrogen) atoms. The Morgan fingerprint density at radius 3 is 2.46 bits per heavy atom. The predicted molar refractivity (Wildman–Crippen MR) is 108 cm³/mol. The van der Waals surface area contributed by atoms with E-state index in [0.717, 1.165) is 17.1 Å². The number of anilines is 1. The number of aryl methyl sites for hydroxylation is 1. The van der Waals surface area contributed by atoms with Crippen LogP contribution in [0.5, 0.6) is 5.75 Å². The molecular formula is C20H23N3O4S. The molecule has 3 aromatic rings. The van der Waals surface area contributed by atoms with E-state index in [0.29, 0.717) is 17.8 Å². The first-order valence-corrected chi connectivity index (χ1v) is 10.8. The minimum Gasteiger partial charge on any atom is -0.485 e. The van der Waals surface area contributed by atoms with Gasteiger partial charge < -0.3 is 4.74 Å². The SMILES string of the molecule is CCc1nc2c(OCc3ccc(S(C)(=O)=O)cc3)cccn2c1N(C)C(C)=O. The summed E-state index contributed by atoms with van der Waals surface area (Å²) in [7, 11) is -1.50. The number of amides is 1. The van der Waals surface area contributed by atoms with Gasteiger partial charge in [0.15, 0.2) is 21.2 Å². The zero-order chi connectivity index (χ0) is 20.5. The average Bonchev–Trinajstić information content (AvgIpc) is 3.04. The third-order valence-corrected chi connectivity index (χ3v) is 5.66. The zero-order valence-corrected chi connectivity index (χ0v) is 17.2. The number of ether oxygens (including phenoxy) is 1. The van der Waals surface area contributed by atoms with Gasteiger partial charge in [0.25, 0.3) is 0 Å². The highest BCUT2D eigenvalue weighted by atomic mass is 32.2. The van der Waals surface area contributed by atoms with Crippen molar-refractivity contribution in [2.75, 3.05) is 18.2 Å². The zero-order valence-electron chi connectivity index (χ0n) is 16.3. The lowest BCUT2D eigenvalue weighted by Gasteiger charge is -2.16. The van der Waals surface area contributed by atoms with Gasteiger partial charge in [-0.15, -0.1) is 0 Å². The van der Waals surface area contributed by atoms with Crippen LogP contribution in [0.25, 0.3) is 5.65 Å². The van der Waals surface area contributed by atoms with E-state index in [1.165, 1.54) is 13.2 Å². The van der Waals surface area contributed by atoms with Crippen LogP contribution in [0.3, 0.4) is 0 Å². The Bertz CT molecular complexity index is 1120. The molecule has 0 spiro atoms. The first kappa shape index (κ1) is 19.9. The Balaban J connectivity index is 1.91. The van der Waals surface area contributed by atoms with Gasteiger partial charge in [-0.1, -0.05) is 19.1 Å². The van der Waals surface area contributed by atoms with E-state index in [4.69, 9.17) is 4.74 Å². The molecule has 0 bridgehead atoms. The van der Waals surface area contributed by atoms with Crippen LogP contribution in [0.1, 0.15) is 25.1 Å². The van der Waals surface area contributed by atoms with Crippen molar-refractivity contribution in [2.45, 2.75) is 31.8 Å². The largest absolute Gasteiger partial charge is 0.485 e. The maximum absolute atomic E-state index is 11.9. The number of pyridine rings is 1. The molecule has 148 valence electrons. The number of hydrogen-bond donors (Lipinski definition) is 0. The fraction of sp³-hybridized carbons (Fsp3) is 0.300. The summed E-state index contributed by atoms with van der Waals surface area (Å²) in [6.07, 6.45) is 3.71. The molecule has 0 saturated heterocycles. The summed E-state index contributed by atoms with van der Waals surface area (Å²) in [6.45, 7) is 3.78. The number of carbonyl (C=O) groups excluding carboxylic acids is 1. The first-order valence-electron chi connectivity index (χ1n) is 8.88. The third-order valence-electron chi connectivity index (χ3n) is 4.53. The van der Waals surface area contributed by atoms with Crippen molar-refractivity contribution < 1.29 is 17.9 Å². The van der Waals surface area contributed by atoms with Crippen LogP contribution in [-0.4, -0.2) is 37.0 Å². The number of benzene rings is 1. The molecule has 0 aliphatic heterocycles. The molecule has 1 aromatic carbocycles. The van der Waals surface area contributed by atoms with Crippen LogP contribution < -0.4 is 9.64 Å². The number of sulfone groups is 1. The highest BCUT2D eigenvalue weighted by Gasteiger charge is 2.19. The minimum atomic E-state index is -3.22. The second-order valence-corrected chi connectivity index (χ2v) is 8.60. The standard InChI is InChI=1S/C20H23N3O4S/c1-5-17-20(22(3)14(2)24)23-12-6-7-18(19(23)21-17)27-13-15-8-10-16(11-9-15)28(4,25)26/h6-12H,5,13H2,1-4H3. The maximum Gasteiger partial charge on any atom is 0.224 e. The molecule has 0 radical (unpaired) electrons. The van der Waals surface area contributed by atoms with Gasteiger partial charge in [-0.25, -0.2) is 13.4 Å². The molecule has 8 heteroatoms. The van der Waals surface area contributed by atoms with Gasteiger partial charge in [-0.3, -0.25) is 14.1 Å². The first-order chi connectivity index (χ1) is 13.2. The van der Waals surface area contributed by atoms with Crippen molar-refractivity contribution in [2.24, 2.45) is 0 Å². The highest BCUT2D eigenvalue weighted by Crippen LogP contribution is 2.28. The number of carbonyl (C=O) groups is 1. The minimum absolute atomic E-state index is 0.0752. The molecule has 0 N–H and O–H groups in total. The van der Waals surface area contributed by atoms with Gasteiger partial charge in [-0.2, -0.15) is 0 Å². The summed E-state index contributed by atoms with van der Waals surface area (Å²) in [5.41, 5.74) is 2.29. The Kier molecular flexibility index (Phi) is 5.42. The molecule has 2 aromatic heterocycles. The Labute approximate surface area is 164 Å². The molecule has 1 amide bonds. The summed E-state index contributed by atoms with van der Waals surface area (Å²) in [5.74, 6) is 1.24.